The van der Waals surface area contributed by atoms with Crippen LogP contribution in [0.3, 0.4) is 0 Å². The van der Waals surface area contributed by atoms with E-state index < -0.39 is 0 Å². The van der Waals surface area contributed by atoms with Crippen molar-refractivity contribution in [1.29, 1.82) is 5.26 Å². The van der Waals surface area contributed by atoms with Gasteiger partial charge in [-0.15, -0.1) is 0 Å². The average Bonchev–Trinajstić information content (AvgIpc) is 2.29. The fraction of sp³-hybridized carbons (Fsp3) is 0.462. The molecular weight excluding hydrogens is 242 g/mol. The van der Waals surface area contributed by atoms with Gasteiger partial charge in [-0.1, -0.05) is 20.8 Å². The van der Waals surface area contributed by atoms with Crippen molar-refractivity contribution in [1.82, 2.24) is 9.88 Å². The fourth-order valence-corrected chi connectivity index (χ4v) is 1.33. The van der Waals surface area contributed by atoms with E-state index in [2.05, 4.69) is 36.9 Å². The van der Waals surface area contributed by atoms with Gasteiger partial charge in [0.05, 0.1) is 5.69 Å². The third kappa shape index (κ3) is 4.56. The van der Waals surface area contributed by atoms with E-state index in [0.717, 1.165) is 0 Å². The number of nitrogens with two attached hydrogens (primary N) is 1. The SMILES string of the molecule is CC(N(C#N)C(N)=Nc1ccncc1)C(C)(C)C.O. The summed E-state index contributed by atoms with van der Waals surface area (Å²) in [6, 6.07) is 3.45. The fourth-order valence-electron chi connectivity index (χ4n) is 1.33. The molecule has 0 radical (unpaired) electrons. The molecule has 0 saturated carbocycles. The maximum Gasteiger partial charge on any atom is 0.210 e. The standard InChI is InChI=1S/C13H19N5.H2O/c1-10(13(2,3)4)18(9-14)12(15)17-11-5-7-16-8-6-11;/h5-8,10H,1-4H3,(H2,15,16,17);1H2. The van der Waals surface area contributed by atoms with Crippen molar-refractivity contribution >= 4 is 11.6 Å². The van der Waals surface area contributed by atoms with Gasteiger partial charge in [-0.3, -0.25) is 4.98 Å². The van der Waals surface area contributed by atoms with Gasteiger partial charge in [0.15, 0.2) is 6.19 Å². The molecule has 0 aliphatic carbocycles. The number of aliphatic imine (C=N–C) groups is 1. The van der Waals surface area contributed by atoms with Crippen LogP contribution in [0.4, 0.5) is 5.69 Å². The summed E-state index contributed by atoms with van der Waals surface area (Å²) < 4.78 is 0. The zero-order chi connectivity index (χ0) is 13.8. The first-order chi connectivity index (χ1) is 8.36. The highest BCUT2D eigenvalue weighted by molar-refractivity contribution is 5.82. The van der Waals surface area contributed by atoms with Crippen molar-refractivity contribution in [3.05, 3.63) is 24.5 Å². The molecule has 0 saturated heterocycles. The van der Waals surface area contributed by atoms with Gasteiger partial charge < -0.3 is 11.2 Å². The van der Waals surface area contributed by atoms with Crippen molar-refractivity contribution in [2.45, 2.75) is 33.7 Å². The van der Waals surface area contributed by atoms with E-state index in [1.54, 1.807) is 24.5 Å². The minimum Gasteiger partial charge on any atom is -0.412 e. The van der Waals surface area contributed by atoms with Crippen molar-refractivity contribution in [2.24, 2.45) is 16.1 Å². The Morgan fingerprint density at radius 2 is 1.95 bits per heavy atom. The maximum atomic E-state index is 9.21. The molecule has 6 heteroatoms. The van der Waals surface area contributed by atoms with E-state index in [0.29, 0.717) is 5.69 Å². The normalized spacial score (nSPS) is 13.1. The molecule has 0 aromatic carbocycles. The van der Waals surface area contributed by atoms with Crippen LogP contribution in [0.25, 0.3) is 0 Å². The molecule has 1 aromatic rings. The Balaban J connectivity index is 0.00000324. The lowest BCUT2D eigenvalue weighted by molar-refractivity contribution is 0.230. The molecule has 6 nitrogen and oxygen atoms in total. The number of nitrogens with zero attached hydrogens (tertiary/aromatic N) is 4. The Morgan fingerprint density at radius 1 is 1.42 bits per heavy atom. The number of aromatic nitrogens is 1. The minimum atomic E-state index is -0.0614. The highest BCUT2D eigenvalue weighted by Gasteiger charge is 2.27. The van der Waals surface area contributed by atoms with Crippen LogP contribution in [0.5, 0.6) is 0 Å². The predicted octanol–water partition coefficient (Wildman–Crippen LogP) is 1.42. The van der Waals surface area contributed by atoms with Crippen LogP contribution >= 0.6 is 0 Å². The minimum absolute atomic E-state index is 0. The highest BCUT2D eigenvalue weighted by atomic mass is 16.0. The predicted molar refractivity (Wildman–Crippen MR) is 75.5 cm³/mol. The average molecular weight is 263 g/mol. The summed E-state index contributed by atoms with van der Waals surface area (Å²) in [5.74, 6) is 0.200. The highest BCUT2D eigenvalue weighted by Crippen LogP contribution is 2.23. The molecule has 4 N–H and O–H groups in total. The second-order valence-electron chi connectivity index (χ2n) is 5.19. The van der Waals surface area contributed by atoms with Crippen LogP contribution in [0.1, 0.15) is 27.7 Å². The zero-order valence-corrected chi connectivity index (χ0v) is 11.8. The topological polar surface area (TPSA) is 110 Å². The zero-order valence-electron chi connectivity index (χ0n) is 11.8. The van der Waals surface area contributed by atoms with E-state index >= 15 is 0 Å². The second kappa shape index (κ2) is 6.71. The molecule has 1 atom stereocenters. The van der Waals surface area contributed by atoms with Gasteiger partial charge in [0.1, 0.15) is 0 Å². The van der Waals surface area contributed by atoms with E-state index in [4.69, 9.17) is 5.73 Å². The molecule has 0 aliphatic heterocycles. The van der Waals surface area contributed by atoms with Crippen LogP contribution in [-0.4, -0.2) is 27.4 Å². The molecule has 0 amide bonds. The molecule has 1 aromatic heterocycles. The number of guanidine groups is 1. The van der Waals surface area contributed by atoms with Gasteiger partial charge in [0, 0.05) is 18.4 Å². The van der Waals surface area contributed by atoms with Crippen LogP contribution < -0.4 is 5.73 Å². The van der Waals surface area contributed by atoms with Crippen molar-refractivity contribution < 1.29 is 5.48 Å². The lowest BCUT2D eigenvalue weighted by Crippen LogP contribution is -2.45. The number of nitriles is 1. The number of pyridine rings is 1. The summed E-state index contributed by atoms with van der Waals surface area (Å²) in [4.78, 5) is 9.56. The summed E-state index contributed by atoms with van der Waals surface area (Å²) in [5, 5.41) is 9.21. The Hall–Kier alpha value is -2.13. The summed E-state index contributed by atoms with van der Waals surface area (Å²) in [6.45, 7) is 8.13. The van der Waals surface area contributed by atoms with Crippen molar-refractivity contribution in [3.63, 3.8) is 0 Å². The summed E-state index contributed by atoms with van der Waals surface area (Å²) in [6.07, 6.45) is 5.36. The molecule has 1 unspecified atom stereocenters. The second-order valence-corrected chi connectivity index (χ2v) is 5.19. The third-order valence-corrected chi connectivity index (χ3v) is 2.90. The van der Waals surface area contributed by atoms with Gasteiger partial charge in [-0.05, 0) is 24.5 Å². The number of rotatable bonds is 2. The molecule has 0 bridgehead atoms. The van der Waals surface area contributed by atoms with E-state index in [9.17, 15) is 5.26 Å². The van der Waals surface area contributed by atoms with Gasteiger partial charge >= 0.3 is 0 Å². The van der Waals surface area contributed by atoms with Crippen LogP contribution in [0.2, 0.25) is 0 Å². The van der Waals surface area contributed by atoms with Crippen LogP contribution in [0, 0.1) is 16.9 Å². The van der Waals surface area contributed by atoms with Gasteiger partial charge in [-0.2, -0.15) is 5.26 Å². The molecule has 0 aliphatic rings. The van der Waals surface area contributed by atoms with Gasteiger partial charge in [0.25, 0.3) is 0 Å². The Morgan fingerprint density at radius 3 is 2.37 bits per heavy atom. The van der Waals surface area contributed by atoms with Gasteiger partial charge in [0.2, 0.25) is 5.96 Å². The lowest BCUT2D eigenvalue weighted by Gasteiger charge is -2.33. The molecule has 1 heterocycles. The molecule has 19 heavy (non-hydrogen) atoms. The molecule has 0 fully saturated rings. The smallest absolute Gasteiger partial charge is 0.210 e. The van der Waals surface area contributed by atoms with E-state index in [1.807, 2.05) is 6.92 Å². The first-order valence-corrected chi connectivity index (χ1v) is 5.79. The first kappa shape index (κ1) is 16.9. The Kier molecular flexibility index (Phi) is 5.96. The summed E-state index contributed by atoms with van der Waals surface area (Å²) >= 11 is 0. The number of hydrogen-bond donors (Lipinski definition) is 1. The molecule has 104 valence electrons. The molecule has 0 spiro atoms. The van der Waals surface area contributed by atoms with Crippen molar-refractivity contribution in [3.8, 4) is 6.19 Å². The third-order valence-electron chi connectivity index (χ3n) is 2.90. The molecular formula is C13H21N5O. The monoisotopic (exact) mass is 263 g/mol. The van der Waals surface area contributed by atoms with Crippen LogP contribution in [0.15, 0.2) is 29.5 Å². The maximum absolute atomic E-state index is 9.21. The quantitative estimate of drug-likeness (QED) is 0.376. The van der Waals surface area contributed by atoms with Gasteiger partial charge in [-0.25, -0.2) is 9.89 Å². The summed E-state index contributed by atoms with van der Waals surface area (Å²) in [7, 11) is 0. The number of hydrogen-bond acceptors (Lipinski definition) is 3. The van der Waals surface area contributed by atoms with E-state index in [-0.39, 0.29) is 22.9 Å². The largest absolute Gasteiger partial charge is 0.412 e. The molecule has 1 rings (SSSR count). The van der Waals surface area contributed by atoms with Crippen LogP contribution in [-0.2, 0) is 0 Å². The van der Waals surface area contributed by atoms with Crippen molar-refractivity contribution in [2.75, 3.05) is 0 Å². The summed E-state index contributed by atoms with van der Waals surface area (Å²) in [5.41, 5.74) is 6.51. The Labute approximate surface area is 113 Å². The first-order valence-electron chi connectivity index (χ1n) is 5.79. The lowest BCUT2D eigenvalue weighted by atomic mass is 9.87. The van der Waals surface area contributed by atoms with E-state index in [1.165, 1.54) is 4.90 Å². The Bertz CT molecular complexity index is 458.